The Kier molecular flexibility index (Phi) is 2.71. The van der Waals surface area contributed by atoms with Crippen molar-refractivity contribution < 1.29 is 9.90 Å². The van der Waals surface area contributed by atoms with Crippen molar-refractivity contribution in [3.05, 3.63) is 29.8 Å². The van der Waals surface area contributed by atoms with Crippen LogP contribution in [0.5, 0.6) is 0 Å². The van der Waals surface area contributed by atoms with Gasteiger partial charge < -0.3 is 10.8 Å². The van der Waals surface area contributed by atoms with Gasteiger partial charge in [0, 0.05) is 0 Å². The highest BCUT2D eigenvalue weighted by atomic mass is 16.4. The van der Waals surface area contributed by atoms with E-state index in [1.165, 1.54) is 0 Å². The number of rotatable bonds is 1. The first-order valence-corrected chi connectivity index (χ1v) is 3.96. The molecule has 74 valence electrons. The summed E-state index contributed by atoms with van der Waals surface area (Å²) in [6.07, 6.45) is -1.26. The molecule has 0 bridgehead atoms. The largest absolute Gasteiger partial charge is 0.464 e. The SMILES string of the molecule is Cc1ccc(N(C(=N)N)C(=O)O)cc1. The van der Waals surface area contributed by atoms with Crippen LogP contribution in [0.1, 0.15) is 5.56 Å². The zero-order valence-electron chi connectivity index (χ0n) is 7.69. The Hall–Kier alpha value is -2.04. The zero-order chi connectivity index (χ0) is 10.7. The van der Waals surface area contributed by atoms with Gasteiger partial charge in [0.25, 0.3) is 0 Å². The van der Waals surface area contributed by atoms with E-state index in [2.05, 4.69) is 0 Å². The van der Waals surface area contributed by atoms with Gasteiger partial charge in [-0.3, -0.25) is 5.41 Å². The number of hydrogen-bond donors (Lipinski definition) is 3. The second-order valence-corrected chi connectivity index (χ2v) is 2.84. The zero-order valence-corrected chi connectivity index (χ0v) is 7.69. The fraction of sp³-hybridized carbons (Fsp3) is 0.111. The molecule has 5 nitrogen and oxygen atoms in total. The van der Waals surface area contributed by atoms with E-state index in [1.54, 1.807) is 24.3 Å². The molecule has 1 aromatic rings. The lowest BCUT2D eigenvalue weighted by Gasteiger charge is -2.16. The smallest absolute Gasteiger partial charge is 0.418 e. The Bertz CT molecular complexity index is 345. The van der Waals surface area contributed by atoms with E-state index in [-0.39, 0.29) is 0 Å². The number of anilines is 1. The number of hydrogen-bond acceptors (Lipinski definition) is 2. The first-order chi connectivity index (χ1) is 6.52. The van der Waals surface area contributed by atoms with Gasteiger partial charge in [-0.15, -0.1) is 0 Å². The maximum atomic E-state index is 10.7. The molecule has 0 aromatic heterocycles. The third-order valence-electron chi connectivity index (χ3n) is 1.72. The molecule has 0 aliphatic heterocycles. The topological polar surface area (TPSA) is 90.4 Å². The van der Waals surface area contributed by atoms with E-state index >= 15 is 0 Å². The molecule has 0 atom stereocenters. The second kappa shape index (κ2) is 3.78. The molecule has 14 heavy (non-hydrogen) atoms. The Morgan fingerprint density at radius 1 is 1.43 bits per heavy atom. The lowest BCUT2D eigenvalue weighted by atomic mass is 10.2. The lowest BCUT2D eigenvalue weighted by Crippen LogP contribution is -2.40. The van der Waals surface area contributed by atoms with Crippen molar-refractivity contribution in [2.24, 2.45) is 5.73 Å². The third kappa shape index (κ3) is 2.01. The number of carboxylic acid groups (broad SMARTS) is 1. The van der Waals surface area contributed by atoms with Crippen molar-refractivity contribution in [3.8, 4) is 0 Å². The number of amides is 1. The van der Waals surface area contributed by atoms with Gasteiger partial charge in [0.15, 0.2) is 0 Å². The molecule has 0 heterocycles. The molecule has 0 saturated heterocycles. The van der Waals surface area contributed by atoms with Crippen molar-refractivity contribution in [1.29, 1.82) is 5.41 Å². The van der Waals surface area contributed by atoms with Gasteiger partial charge >= 0.3 is 6.09 Å². The molecule has 5 heteroatoms. The number of carbonyl (C=O) groups is 1. The Morgan fingerprint density at radius 3 is 2.29 bits per heavy atom. The van der Waals surface area contributed by atoms with Crippen LogP contribution >= 0.6 is 0 Å². The lowest BCUT2D eigenvalue weighted by molar-refractivity contribution is 0.205. The van der Waals surface area contributed by atoms with Crippen LogP contribution in [0.4, 0.5) is 10.5 Å². The minimum absolute atomic E-state index is 0.371. The maximum Gasteiger partial charge on any atom is 0.418 e. The fourth-order valence-corrected chi connectivity index (χ4v) is 1.05. The molecule has 0 spiro atoms. The van der Waals surface area contributed by atoms with E-state index in [9.17, 15) is 4.79 Å². The molecular weight excluding hydrogens is 182 g/mol. The first-order valence-electron chi connectivity index (χ1n) is 3.96. The molecule has 0 aliphatic carbocycles. The van der Waals surface area contributed by atoms with Gasteiger partial charge in [0.05, 0.1) is 5.69 Å². The molecule has 0 saturated carbocycles. The number of nitrogens with one attached hydrogen (secondary N) is 1. The molecular formula is C9H11N3O2. The second-order valence-electron chi connectivity index (χ2n) is 2.84. The first kappa shape index (κ1) is 10.0. The number of guanidine groups is 1. The molecule has 0 aliphatic rings. The standard InChI is InChI=1S/C9H11N3O2/c1-6-2-4-7(5-3-6)12(8(10)11)9(13)14/h2-5H,1H3,(H3,10,11)(H,13,14). The molecule has 0 fully saturated rings. The Balaban J connectivity index is 3.06. The Labute approximate surface area is 81.3 Å². The van der Waals surface area contributed by atoms with Gasteiger partial charge in [0.1, 0.15) is 0 Å². The number of nitrogens with zero attached hydrogens (tertiary/aromatic N) is 1. The number of nitrogens with two attached hydrogens (primary N) is 1. The van der Waals surface area contributed by atoms with E-state index in [4.69, 9.17) is 16.2 Å². The minimum atomic E-state index is -1.26. The van der Waals surface area contributed by atoms with Crippen LogP contribution < -0.4 is 10.6 Å². The summed E-state index contributed by atoms with van der Waals surface area (Å²) in [7, 11) is 0. The molecule has 1 amide bonds. The van der Waals surface area contributed by atoms with Crippen molar-refractivity contribution in [2.75, 3.05) is 4.90 Å². The maximum absolute atomic E-state index is 10.7. The van der Waals surface area contributed by atoms with Crippen LogP contribution in [0.25, 0.3) is 0 Å². The highest BCUT2D eigenvalue weighted by Crippen LogP contribution is 2.14. The molecule has 0 radical (unpaired) electrons. The fourth-order valence-electron chi connectivity index (χ4n) is 1.05. The van der Waals surface area contributed by atoms with Gasteiger partial charge in [-0.05, 0) is 19.1 Å². The van der Waals surface area contributed by atoms with Gasteiger partial charge in [-0.25, -0.2) is 9.69 Å². The van der Waals surface area contributed by atoms with E-state index in [1.807, 2.05) is 6.92 Å². The summed E-state index contributed by atoms with van der Waals surface area (Å²) in [5, 5.41) is 15.9. The molecule has 1 rings (SSSR count). The summed E-state index contributed by atoms with van der Waals surface area (Å²) in [5.41, 5.74) is 6.52. The average molecular weight is 193 g/mol. The van der Waals surface area contributed by atoms with Crippen LogP contribution in [-0.4, -0.2) is 17.2 Å². The predicted octanol–water partition coefficient (Wildman–Crippen LogP) is 1.37. The van der Waals surface area contributed by atoms with E-state index in [0.29, 0.717) is 10.6 Å². The summed E-state index contributed by atoms with van der Waals surface area (Å²) in [4.78, 5) is 11.4. The van der Waals surface area contributed by atoms with Crippen molar-refractivity contribution >= 4 is 17.7 Å². The van der Waals surface area contributed by atoms with Crippen LogP contribution in [0.3, 0.4) is 0 Å². The van der Waals surface area contributed by atoms with Gasteiger partial charge in [-0.1, -0.05) is 17.7 Å². The summed E-state index contributed by atoms with van der Waals surface area (Å²) >= 11 is 0. The van der Waals surface area contributed by atoms with E-state index in [0.717, 1.165) is 5.56 Å². The number of aryl methyl sites for hydroxylation is 1. The van der Waals surface area contributed by atoms with Crippen molar-refractivity contribution in [2.45, 2.75) is 6.92 Å². The summed E-state index contributed by atoms with van der Waals surface area (Å²) in [6, 6.07) is 6.72. The highest BCUT2D eigenvalue weighted by molar-refractivity contribution is 6.11. The van der Waals surface area contributed by atoms with Crippen LogP contribution in [0.2, 0.25) is 0 Å². The van der Waals surface area contributed by atoms with Crippen LogP contribution in [0.15, 0.2) is 24.3 Å². The van der Waals surface area contributed by atoms with Crippen molar-refractivity contribution in [3.63, 3.8) is 0 Å². The summed E-state index contributed by atoms with van der Waals surface area (Å²) in [5.74, 6) is -0.513. The molecule has 1 aromatic carbocycles. The summed E-state index contributed by atoms with van der Waals surface area (Å²) < 4.78 is 0. The minimum Gasteiger partial charge on any atom is -0.464 e. The average Bonchev–Trinajstić information content (AvgIpc) is 2.07. The van der Waals surface area contributed by atoms with Crippen LogP contribution in [-0.2, 0) is 0 Å². The van der Waals surface area contributed by atoms with Crippen LogP contribution in [0, 0.1) is 12.3 Å². The highest BCUT2D eigenvalue weighted by Gasteiger charge is 2.16. The quantitative estimate of drug-likeness (QED) is 0.464. The predicted molar refractivity (Wildman–Crippen MR) is 53.6 cm³/mol. The monoisotopic (exact) mass is 193 g/mol. The van der Waals surface area contributed by atoms with Gasteiger partial charge in [-0.2, -0.15) is 0 Å². The Morgan fingerprint density at radius 2 is 1.93 bits per heavy atom. The van der Waals surface area contributed by atoms with Gasteiger partial charge in [0.2, 0.25) is 5.96 Å². The summed E-state index contributed by atoms with van der Waals surface area (Å²) in [6.45, 7) is 1.89. The number of benzene rings is 1. The third-order valence-corrected chi connectivity index (χ3v) is 1.72. The van der Waals surface area contributed by atoms with Crippen molar-refractivity contribution in [1.82, 2.24) is 0 Å². The molecule has 0 unspecified atom stereocenters. The van der Waals surface area contributed by atoms with E-state index < -0.39 is 12.1 Å². The molecule has 4 N–H and O–H groups in total. The normalized spacial score (nSPS) is 9.50.